The normalized spacial score (nSPS) is 12.6. The molecule has 6 nitrogen and oxygen atoms in total. The van der Waals surface area contributed by atoms with E-state index in [1.807, 2.05) is 87.5 Å². The summed E-state index contributed by atoms with van der Waals surface area (Å²) in [6, 6.07) is 30.2. The van der Waals surface area contributed by atoms with Gasteiger partial charge in [0.25, 0.3) is 0 Å². The van der Waals surface area contributed by atoms with Gasteiger partial charge in [-0.3, -0.25) is 0 Å². The highest BCUT2D eigenvalue weighted by atomic mass is 16.6. The van der Waals surface area contributed by atoms with Crippen molar-refractivity contribution in [1.82, 2.24) is 9.97 Å². The fourth-order valence-electron chi connectivity index (χ4n) is 6.39. The van der Waals surface area contributed by atoms with Gasteiger partial charge in [0.2, 0.25) is 0 Å². The Bertz CT molecular complexity index is 2040. The zero-order chi connectivity index (χ0) is 30.4. The number of esters is 2. The van der Waals surface area contributed by atoms with Gasteiger partial charge < -0.3 is 19.4 Å². The number of benzene rings is 4. The third-order valence-corrected chi connectivity index (χ3v) is 8.27. The van der Waals surface area contributed by atoms with Crippen molar-refractivity contribution in [3.05, 3.63) is 130 Å². The molecule has 6 aromatic rings. The van der Waals surface area contributed by atoms with Crippen LogP contribution in [0.25, 0.3) is 32.7 Å². The van der Waals surface area contributed by atoms with Crippen LogP contribution in [0.15, 0.2) is 91.0 Å². The first-order valence-corrected chi connectivity index (χ1v) is 15.1. The molecule has 44 heavy (non-hydrogen) atoms. The number of aryl methyl sites for hydroxylation is 1. The number of fused-ring (bicyclic) bond motifs is 6. The van der Waals surface area contributed by atoms with Crippen molar-refractivity contribution >= 4 is 33.5 Å². The molecule has 0 bridgehead atoms. The van der Waals surface area contributed by atoms with Crippen molar-refractivity contribution in [2.45, 2.75) is 52.2 Å². The van der Waals surface area contributed by atoms with Gasteiger partial charge >= 0.3 is 11.9 Å². The Morgan fingerprint density at radius 3 is 2.27 bits per heavy atom. The van der Waals surface area contributed by atoms with E-state index in [9.17, 15) is 9.59 Å². The van der Waals surface area contributed by atoms with E-state index >= 15 is 0 Å². The summed E-state index contributed by atoms with van der Waals surface area (Å²) in [7, 11) is 0. The predicted molar refractivity (Wildman–Crippen MR) is 173 cm³/mol. The standard InChI is InChI=1S/C38H34N2O4/c1-38(2,3)44-37(42)34-29-20-18-24-13-7-9-15-26(24)32(29)31(40-34)21-30-28-19-17-25-14-8-10-16-27(25)33(28)35(39-30)36(41)43-22-23-11-5-4-6-12-23/h4-16,18,20,39-40H,17,19,21-22H2,1-3H3. The highest BCUT2D eigenvalue weighted by molar-refractivity contribution is 6.15. The summed E-state index contributed by atoms with van der Waals surface area (Å²) in [5.74, 6) is -0.777. The number of aromatic amines is 2. The van der Waals surface area contributed by atoms with E-state index in [2.05, 4.69) is 34.2 Å². The molecule has 6 heteroatoms. The number of H-pyrrole nitrogens is 2. The lowest BCUT2D eigenvalue weighted by Crippen LogP contribution is -2.24. The Kier molecular flexibility index (Phi) is 6.85. The van der Waals surface area contributed by atoms with Crippen molar-refractivity contribution in [2.24, 2.45) is 0 Å². The third kappa shape index (κ3) is 5.06. The Hall–Kier alpha value is -5.10. The summed E-state index contributed by atoms with van der Waals surface area (Å²) >= 11 is 0. The first kappa shape index (κ1) is 27.7. The van der Waals surface area contributed by atoms with Crippen LogP contribution in [0.3, 0.4) is 0 Å². The van der Waals surface area contributed by atoms with Crippen LogP contribution in [0, 0.1) is 0 Å². The molecular formula is C38H34N2O4. The van der Waals surface area contributed by atoms with E-state index in [0.717, 1.165) is 68.0 Å². The third-order valence-electron chi connectivity index (χ3n) is 8.27. The minimum Gasteiger partial charge on any atom is -0.456 e. The molecule has 4 aromatic carbocycles. The molecule has 7 rings (SSSR count). The van der Waals surface area contributed by atoms with Gasteiger partial charge in [0.15, 0.2) is 0 Å². The van der Waals surface area contributed by atoms with Crippen LogP contribution in [-0.4, -0.2) is 27.5 Å². The van der Waals surface area contributed by atoms with E-state index in [-0.39, 0.29) is 12.6 Å². The van der Waals surface area contributed by atoms with Crippen molar-refractivity contribution in [3.8, 4) is 11.1 Å². The van der Waals surface area contributed by atoms with Crippen LogP contribution in [-0.2, 0) is 35.3 Å². The molecule has 0 atom stereocenters. The van der Waals surface area contributed by atoms with Crippen LogP contribution in [0.2, 0.25) is 0 Å². The quantitative estimate of drug-likeness (QED) is 0.193. The van der Waals surface area contributed by atoms with Gasteiger partial charge in [-0.25, -0.2) is 9.59 Å². The number of ether oxygens (including phenoxy) is 2. The smallest absolute Gasteiger partial charge is 0.355 e. The number of nitrogens with one attached hydrogen (secondary N) is 2. The molecule has 2 heterocycles. The van der Waals surface area contributed by atoms with E-state index in [1.165, 1.54) is 5.56 Å². The number of carbonyl (C=O) groups excluding carboxylic acids is 2. The molecule has 220 valence electrons. The number of hydrogen-bond donors (Lipinski definition) is 2. The average Bonchev–Trinajstić information content (AvgIpc) is 3.59. The van der Waals surface area contributed by atoms with Crippen LogP contribution >= 0.6 is 0 Å². The SMILES string of the molecule is CC(C)(C)OC(=O)c1[nH]c(Cc2[nH]c(C(=O)OCc3ccccc3)c3c2CCc2ccccc2-3)c2c1ccc1ccccc12. The van der Waals surface area contributed by atoms with E-state index in [0.29, 0.717) is 17.8 Å². The fraction of sp³-hybridized carbons (Fsp3) is 0.211. The van der Waals surface area contributed by atoms with Crippen LogP contribution in [0.4, 0.5) is 0 Å². The van der Waals surface area contributed by atoms with Gasteiger partial charge in [0, 0.05) is 34.1 Å². The lowest BCUT2D eigenvalue weighted by atomic mass is 9.85. The van der Waals surface area contributed by atoms with Gasteiger partial charge in [-0.1, -0.05) is 91.0 Å². The van der Waals surface area contributed by atoms with E-state index in [4.69, 9.17) is 9.47 Å². The second kappa shape index (κ2) is 10.9. The first-order valence-electron chi connectivity index (χ1n) is 15.1. The molecule has 2 aromatic heterocycles. The summed E-state index contributed by atoms with van der Waals surface area (Å²) in [6.45, 7) is 5.80. The van der Waals surface area contributed by atoms with Gasteiger partial charge in [0.05, 0.1) is 0 Å². The van der Waals surface area contributed by atoms with Crippen molar-refractivity contribution in [3.63, 3.8) is 0 Å². The van der Waals surface area contributed by atoms with Crippen molar-refractivity contribution < 1.29 is 19.1 Å². The lowest BCUT2D eigenvalue weighted by molar-refractivity contribution is 0.00654. The molecule has 1 aliphatic carbocycles. The molecule has 0 saturated heterocycles. The highest BCUT2D eigenvalue weighted by Gasteiger charge is 2.30. The molecule has 0 fully saturated rings. The van der Waals surface area contributed by atoms with Crippen LogP contribution < -0.4 is 0 Å². The second-order valence-corrected chi connectivity index (χ2v) is 12.4. The summed E-state index contributed by atoms with van der Waals surface area (Å²) < 4.78 is 11.6. The number of aromatic nitrogens is 2. The van der Waals surface area contributed by atoms with Crippen LogP contribution in [0.1, 0.15) is 69.8 Å². The summed E-state index contributed by atoms with van der Waals surface area (Å²) in [6.07, 6.45) is 2.15. The van der Waals surface area contributed by atoms with Gasteiger partial charge in [0.1, 0.15) is 23.6 Å². The average molecular weight is 583 g/mol. The maximum atomic E-state index is 13.7. The summed E-state index contributed by atoms with van der Waals surface area (Å²) in [5.41, 5.74) is 7.32. The summed E-state index contributed by atoms with van der Waals surface area (Å²) in [5, 5.41) is 3.95. The zero-order valence-corrected chi connectivity index (χ0v) is 25.1. The molecule has 0 saturated carbocycles. The van der Waals surface area contributed by atoms with Gasteiger partial charge in [-0.15, -0.1) is 0 Å². The second-order valence-electron chi connectivity index (χ2n) is 12.4. The fourth-order valence-corrected chi connectivity index (χ4v) is 6.39. The zero-order valence-electron chi connectivity index (χ0n) is 25.1. The topological polar surface area (TPSA) is 84.2 Å². The maximum Gasteiger partial charge on any atom is 0.355 e. The Morgan fingerprint density at radius 2 is 1.45 bits per heavy atom. The molecule has 0 unspecified atom stereocenters. The monoisotopic (exact) mass is 582 g/mol. The maximum absolute atomic E-state index is 13.7. The van der Waals surface area contributed by atoms with Crippen molar-refractivity contribution in [1.29, 1.82) is 0 Å². The molecule has 2 N–H and O–H groups in total. The van der Waals surface area contributed by atoms with Crippen LogP contribution in [0.5, 0.6) is 0 Å². The Labute approximate surface area is 256 Å². The van der Waals surface area contributed by atoms with E-state index in [1.54, 1.807) is 0 Å². The molecule has 0 radical (unpaired) electrons. The first-order chi connectivity index (χ1) is 21.3. The molecule has 1 aliphatic rings. The van der Waals surface area contributed by atoms with Gasteiger partial charge in [-0.05, 0) is 66.6 Å². The van der Waals surface area contributed by atoms with Crippen molar-refractivity contribution in [2.75, 3.05) is 0 Å². The number of rotatable bonds is 6. The van der Waals surface area contributed by atoms with E-state index < -0.39 is 11.6 Å². The molecule has 0 aliphatic heterocycles. The molecular weight excluding hydrogens is 548 g/mol. The Balaban J connectivity index is 1.35. The lowest BCUT2D eigenvalue weighted by Gasteiger charge is -2.19. The minimum atomic E-state index is -0.632. The minimum absolute atomic E-state index is 0.191. The summed E-state index contributed by atoms with van der Waals surface area (Å²) in [4.78, 5) is 34.0. The Morgan fingerprint density at radius 1 is 0.727 bits per heavy atom. The van der Waals surface area contributed by atoms with Gasteiger partial charge in [-0.2, -0.15) is 0 Å². The highest BCUT2D eigenvalue weighted by Crippen LogP contribution is 2.40. The largest absolute Gasteiger partial charge is 0.456 e. The molecule has 0 spiro atoms. The number of hydrogen-bond acceptors (Lipinski definition) is 4. The number of carbonyl (C=O) groups is 2. The molecule has 0 amide bonds. The predicted octanol–water partition coefficient (Wildman–Crippen LogP) is 8.32.